The van der Waals surface area contributed by atoms with Crippen LogP contribution in [0.1, 0.15) is 56.7 Å². The first-order valence-corrected chi connectivity index (χ1v) is 19.9. The predicted molar refractivity (Wildman–Crippen MR) is 198 cm³/mol. The van der Waals surface area contributed by atoms with Gasteiger partial charge in [-0.15, -0.1) is 0 Å². The van der Waals surface area contributed by atoms with Gasteiger partial charge in [0.05, 0.1) is 27.9 Å². The van der Waals surface area contributed by atoms with Crippen LogP contribution in [0.25, 0.3) is 21.5 Å². The molecule has 274 valence electrons. The zero-order valence-corrected chi connectivity index (χ0v) is 37.3. The molecule has 0 aromatic heterocycles. The number of hydrogen-bond donors (Lipinski definition) is 1. The van der Waals surface area contributed by atoms with Gasteiger partial charge in [-0.1, -0.05) is 68.8 Å². The standard InChI is InChI=1S/C39H43N3O8S2.2Na/c1-39(2)34(16-9-6-8-15-30-28-14-12-13-25-18-20-32(40(3)4)38(36(25)28)41(30)5)42(22-11-7-10-17-35(43)44)31-21-19-27-29(37(31)39)23-26(51(45,46)47)24-33(27)52(48,49)50;;/h6,8-9,12-16,18-21,23-24,30H,7,10-11,17,22H2,1-5H3,(H,43,44)(H,45,46,47)(H,48,49,50);;/q;2*+1/p-2/b9-6+,15-8+,34-16+;;. The van der Waals surface area contributed by atoms with Crippen LogP contribution >= 0.6 is 0 Å². The van der Waals surface area contributed by atoms with Gasteiger partial charge in [-0.3, -0.25) is 4.90 Å². The molecule has 2 heterocycles. The number of rotatable bonds is 12. The van der Waals surface area contributed by atoms with E-state index in [1.807, 2.05) is 57.1 Å². The van der Waals surface area contributed by atoms with Crippen LogP contribution in [-0.4, -0.2) is 59.6 Å². The molecule has 4 aromatic carbocycles. The number of hydrogen-bond acceptors (Lipinski definition) is 10. The minimum absolute atomic E-state index is 0. The van der Waals surface area contributed by atoms with Crippen molar-refractivity contribution in [3.63, 3.8) is 0 Å². The molecule has 2 aliphatic heterocycles. The van der Waals surface area contributed by atoms with Crippen molar-refractivity contribution in [1.29, 1.82) is 0 Å². The third-order valence-corrected chi connectivity index (χ3v) is 11.9. The van der Waals surface area contributed by atoms with Gasteiger partial charge < -0.3 is 28.8 Å². The van der Waals surface area contributed by atoms with Crippen LogP contribution in [0.5, 0.6) is 0 Å². The third-order valence-electron chi connectivity index (χ3n) is 10.2. The Morgan fingerprint density at radius 1 is 0.907 bits per heavy atom. The number of quaternary nitrogens is 1. The van der Waals surface area contributed by atoms with E-state index in [2.05, 4.69) is 48.4 Å². The minimum atomic E-state index is -5.15. The van der Waals surface area contributed by atoms with Gasteiger partial charge in [-0.25, -0.2) is 16.8 Å². The number of allylic oxidation sites excluding steroid dienone is 5. The van der Waals surface area contributed by atoms with Gasteiger partial charge in [-0.2, -0.15) is 0 Å². The molecule has 1 N–H and O–H groups in total. The Labute approximate surface area is 361 Å². The van der Waals surface area contributed by atoms with E-state index >= 15 is 0 Å². The monoisotopic (exact) mass is 789 g/mol. The Hall–Kier alpha value is -2.53. The van der Waals surface area contributed by atoms with Crippen molar-refractivity contribution >= 4 is 64.8 Å². The van der Waals surface area contributed by atoms with E-state index in [9.17, 15) is 35.8 Å². The maximum Gasteiger partial charge on any atom is 1.00 e. The molecule has 0 amide bonds. The number of fused-ring (bicyclic) bond motifs is 3. The van der Waals surface area contributed by atoms with E-state index in [1.54, 1.807) is 6.07 Å². The zero-order valence-electron chi connectivity index (χ0n) is 31.7. The molecule has 0 saturated heterocycles. The van der Waals surface area contributed by atoms with Crippen molar-refractivity contribution in [2.45, 2.75) is 60.8 Å². The number of carbonyl (C=O) groups is 1. The summed E-state index contributed by atoms with van der Waals surface area (Å²) in [6.07, 6.45) is 11.6. The summed E-state index contributed by atoms with van der Waals surface area (Å²) in [6, 6.07) is 15.7. The van der Waals surface area contributed by atoms with Crippen LogP contribution in [0.3, 0.4) is 0 Å². The molecule has 0 radical (unpaired) electrons. The number of nitrogens with one attached hydrogen (secondary N) is 1. The number of likely N-dealkylation sites (N-methyl/N-ethyl adjacent to an activating group) is 1. The molecule has 2 aliphatic rings. The van der Waals surface area contributed by atoms with Crippen molar-refractivity contribution in [1.82, 2.24) is 0 Å². The molecule has 11 nitrogen and oxygen atoms in total. The smallest absolute Gasteiger partial charge is 0.744 e. The number of carbonyl (C=O) groups excluding carboxylic acids is 1. The summed E-state index contributed by atoms with van der Waals surface area (Å²) in [7, 11) is -4.00. The van der Waals surface area contributed by atoms with Crippen molar-refractivity contribution in [2.75, 3.05) is 37.5 Å². The largest absolute Gasteiger partial charge is 1.00 e. The van der Waals surface area contributed by atoms with E-state index < -0.39 is 41.4 Å². The Balaban J connectivity index is 0.00000325. The predicted octanol–water partition coefficient (Wildman–Crippen LogP) is -1.82. The molecule has 15 heteroatoms. The first-order valence-electron chi connectivity index (χ1n) is 17.1. The fourth-order valence-corrected chi connectivity index (χ4v) is 9.22. The number of carboxylic acid groups (broad SMARTS) is 1. The number of aliphatic carboxylic acids is 1. The van der Waals surface area contributed by atoms with Crippen LogP contribution < -0.4 is 78.9 Å². The maximum absolute atomic E-state index is 12.3. The summed E-state index contributed by atoms with van der Waals surface area (Å²) in [4.78, 5) is 14.8. The normalized spacial score (nSPS) is 18.4. The average Bonchev–Trinajstić information content (AvgIpc) is 3.46. The Morgan fingerprint density at radius 2 is 1.63 bits per heavy atom. The molecule has 54 heavy (non-hydrogen) atoms. The van der Waals surface area contributed by atoms with Crippen LogP contribution in [0.4, 0.5) is 17.1 Å². The van der Waals surface area contributed by atoms with E-state index in [0.717, 1.165) is 11.8 Å². The third kappa shape index (κ3) is 8.42. The Bertz CT molecular complexity index is 2430. The summed E-state index contributed by atoms with van der Waals surface area (Å²) in [6.45, 7) is 4.30. The van der Waals surface area contributed by atoms with Crippen LogP contribution in [0, 0.1) is 0 Å². The number of benzene rings is 4. The van der Waals surface area contributed by atoms with E-state index in [0.29, 0.717) is 43.1 Å². The molecule has 2 unspecified atom stereocenters. The summed E-state index contributed by atoms with van der Waals surface area (Å²) < 4.78 is 73.3. The second kappa shape index (κ2) is 16.9. The van der Waals surface area contributed by atoms with Crippen molar-refractivity contribution in [3.8, 4) is 0 Å². The summed E-state index contributed by atoms with van der Waals surface area (Å²) >= 11 is 0. The molecule has 0 saturated carbocycles. The number of unbranched alkanes of at least 4 members (excludes halogenated alkanes) is 2. The molecular weight excluding hydrogens is 749 g/mol. The molecule has 6 rings (SSSR count). The minimum Gasteiger partial charge on any atom is -0.744 e. The second-order valence-corrected chi connectivity index (χ2v) is 16.9. The summed E-state index contributed by atoms with van der Waals surface area (Å²) in [5.74, 6) is -1.12. The second-order valence-electron chi connectivity index (χ2n) is 14.1. The van der Waals surface area contributed by atoms with Crippen LogP contribution in [0.2, 0.25) is 0 Å². The van der Waals surface area contributed by atoms with Gasteiger partial charge in [-0.05, 0) is 77.4 Å². The van der Waals surface area contributed by atoms with E-state index in [1.165, 1.54) is 38.7 Å². The first kappa shape index (κ1) is 44.2. The number of carboxylic acids is 1. The van der Waals surface area contributed by atoms with Crippen LogP contribution in [-0.2, 0) is 30.4 Å². The van der Waals surface area contributed by atoms with Crippen LogP contribution in [0.15, 0.2) is 100 Å². The topological polar surface area (TPSA) is 165 Å². The van der Waals surface area contributed by atoms with E-state index in [4.69, 9.17) is 0 Å². The number of nitrogens with zero attached hydrogens (tertiary/aromatic N) is 2. The quantitative estimate of drug-likeness (QED) is 0.0749. The van der Waals surface area contributed by atoms with E-state index in [-0.39, 0.29) is 82.3 Å². The summed E-state index contributed by atoms with van der Waals surface area (Å²) in [5, 5.41) is 13.7. The fraction of sp³-hybridized carbons (Fsp3) is 0.308. The molecule has 4 aromatic rings. The molecule has 0 bridgehead atoms. The van der Waals surface area contributed by atoms with Gasteiger partial charge in [0.15, 0.2) is 5.69 Å². The molecule has 2 atom stereocenters. The van der Waals surface area contributed by atoms with Gasteiger partial charge in [0.25, 0.3) is 0 Å². The first-order chi connectivity index (χ1) is 24.4. The van der Waals surface area contributed by atoms with Crippen molar-refractivity contribution < 1.29 is 99.9 Å². The maximum atomic E-state index is 12.3. The molecule has 0 fully saturated rings. The molecule has 0 aliphatic carbocycles. The van der Waals surface area contributed by atoms with Gasteiger partial charge in [0, 0.05) is 49.0 Å². The zero-order chi connectivity index (χ0) is 37.7. The van der Waals surface area contributed by atoms with Gasteiger partial charge in [0.2, 0.25) is 0 Å². The SMILES string of the molecule is CN(C)c1ccc2cccc3c2c1[NH+](C)C3/C=C/C=C/C=C1/N(CCCCCC(=O)[O-])c2ccc3c(S(=O)(=O)[O-])cc(S(=O)(=O)[O-])cc3c2C1(C)C.[Na+].[Na+]. The molecule has 0 spiro atoms. The fourth-order valence-electron chi connectivity index (χ4n) is 7.90. The van der Waals surface area contributed by atoms with Gasteiger partial charge in [0.1, 0.15) is 26.3 Å². The Kier molecular flexibility index (Phi) is 13.8. The molecular formula is C39H41N3Na2O8S2. The number of anilines is 2. The Morgan fingerprint density at radius 3 is 2.28 bits per heavy atom. The van der Waals surface area contributed by atoms with Crippen molar-refractivity contribution in [3.05, 3.63) is 102 Å². The van der Waals surface area contributed by atoms with Crippen molar-refractivity contribution in [2.24, 2.45) is 0 Å². The van der Waals surface area contributed by atoms with Gasteiger partial charge >= 0.3 is 59.1 Å². The summed E-state index contributed by atoms with van der Waals surface area (Å²) in [5.41, 5.74) is 4.90. The average molecular weight is 790 g/mol.